The summed E-state index contributed by atoms with van der Waals surface area (Å²) in [6.45, 7) is 5.10. The fourth-order valence-electron chi connectivity index (χ4n) is 0.182. The Bertz CT molecular complexity index is 124. The Labute approximate surface area is 48.9 Å². The molecule has 0 aromatic carbocycles. The molecular weight excluding hydrogens is 102 g/mol. The van der Waals surface area contributed by atoms with Crippen molar-refractivity contribution in [3.05, 3.63) is 11.9 Å². The summed E-state index contributed by atoms with van der Waals surface area (Å²) in [6.07, 6.45) is 1.55. The summed E-state index contributed by atoms with van der Waals surface area (Å²) in [4.78, 5) is 3.58. The van der Waals surface area contributed by atoms with E-state index in [2.05, 4.69) is 21.9 Å². The highest BCUT2D eigenvalue weighted by Gasteiger charge is 1.73. The third-order valence-corrected chi connectivity index (χ3v) is 0.609. The summed E-state index contributed by atoms with van der Waals surface area (Å²) < 4.78 is 0. The molecule has 0 saturated carbocycles. The molecule has 0 radical (unpaired) electrons. The van der Waals surface area contributed by atoms with Crippen LogP contribution in [0, 0.1) is 0 Å². The molecule has 0 saturated heterocycles. The second-order valence-corrected chi connectivity index (χ2v) is 1.24. The summed E-state index contributed by atoms with van der Waals surface area (Å²) in [6, 6.07) is 0. The fourth-order valence-corrected chi connectivity index (χ4v) is 0.182. The van der Waals surface area contributed by atoms with Gasteiger partial charge in [-0.25, -0.2) is 0 Å². The maximum absolute atomic E-state index is 3.58. The fraction of sp³-hybridized carbons (Fsp3) is 0.400. The molecule has 0 unspecified atom stereocenters. The average molecular weight is 111 g/mol. The zero-order valence-corrected chi connectivity index (χ0v) is 5.13. The van der Waals surface area contributed by atoms with Gasteiger partial charge in [0.25, 0.3) is 0 Å². The Morgan fingerprint density at radius 3 is 2.62 bits per heavy atom. The molecule has 0 aliphatic carbocycles. The van der Waals surface area contributed by atoms with Crippen LogP contribution in [0.25, 0.3) is 0 Å². The first kappa shape index (κ1) is 7.01. The molecule has 0 amide bonds. The molecule has 44 valence electrons. The van der Waals surface area contributed by atoms with Gasteiger partial charge in [0, 0.05) is 7.05 Å². The molecule has 0 fully saturated rings. The van der Waals surface area contributed by atoms with Gasteiger partial charge in [0.1, 0.15) is 0 Å². The lowest BCUT2D eigenvalue weighted by molar-refractivity contribution is 1.13. The Morgan fingerprint density at radius 2 is 2.25 bits per heavy atom. The van der Waals surface area contributed by atoms with Crippen LogP contribution in [0.4, 0.5) is 0 Å². The van der Waals surface area contributed by atoms with Gasteiger partial charge in [0.15, 0.2) is 0 Å². The Hall–Kier alpha value is -0.990. The quantitative estimate of drug-likeness (QED) is 0.383. The van der Waals surface area contributed by atoms with Gasteiger partial charge >= 0.3 is 0 Å². The lowest BCUT2D eigenvalue weighted by Gasteiger charge is -1.80. The summed E-state index contributed by atoms with van der Waals surface area (Å²) in [7, 11) is 1.60. The molecule has 0 bridgehead atoms. The molecule has 0 N–H and O–H groups in total. The van der Waals surface area contributed by atoms with Crippen molar-refractivity contribution in [2.45, 2.75) is 6.92 Å². The third kappa shape index (κ3) is 3.21. The summed E-state index contributed by atoms with van der Waals surface area (Å²) in [5.74, 6) is 0. The van der Waals surface area contributed by atoms with Gasteiger partial charge in [-0.2, -0.15) is 10.2 Å². The van der Waals surface area contributed by atoms with Crippen molar-refractivity contribution in [3.63, 3.8) is 0 Å². The van der Waals surface area contributed by atoms with Crippen molar-refractivity contribution < 1.29 is 0 Å². The first-order valence-corrected chi connectivity index (χ1v) is 2.23. The van der Waals surface area contributed by atoms with Gasteiger partial charge in [0.2, 0.25) is 0 Å². The van der Waals surface area contributed by atoms with Gasteiger partial charge in [-0.05, 0) is 13.6 Å². The van der Waals surface area contributed by atoms with Gasteiger partial charge in [-0.3, -0.25) is 4.99 Å². The van der Waals surface area contributed by atoms with E-state index in [1.54, 1.807) is 13.2 Å². The number of nitrogens with zero attached hydrogens (tertiary/aromatic N) is 3. The minimum Gasteiger partial charge on any atom is -0.268 e. The SMILES string of the molecule is C=N/C(C)=C\N=N/C. The van der Waals surface area contributed by atoms with Crippen LogP contribution >= 0.6 is 0 Å². The van der Waals surface area contributed by atoms with Crippen LogP contribution < -0.4 is 0 Å². The molecule has 0 aromatic heterocycles. The molecule has 0 heterocycles. The van der Waals surface area contributed by atoms with E-state index in [1.165, 1.54) is 0 Å². The standard InChI is InChI=1S/C5H9N3/c1-5(6-2)4-8-7-3/h4H,2H2,1,3H3/b5-4-,8-7-. The van der Waals surface area contributed by atoms with Crippen molar-refractivity contribution in [2.24, 2.45) is 15.2 Å². The highest BCUT2D eigenvalue weighted by Crippen LogP contribution is 1.91. The number of rotatable bonds is 2. The average Bonchev–Trinajstić information content (AvgIpc) is 1.83. The summed E-state index contributed by atoms with van der Waals surface area (Å²) in [5.41, 5.74) is 0.774. The number of hydrogen-bond donors (Lipinski definition) is 0. The van der Waals surface area contributed by atoms with Crippen LogP contribution in [0.15, 0.2) is 27.1 Å². The smallest absolute Gasteiger partial charge is 0.0703 e. The molecular formula is C5H9N3. The van der Waals surface area contributed by atoms with Gasteiger partial charge in [-0.15, -0.1) is 0 Å². The number of azo groups is 1. The van der Waals surface area contributed by atoms with Crippen molar-refractivity contribution in [1.82, 2.24) is 0 Å². The van der Waals surface area contributed by atoms with Crippen LogP contribution in [-0.4, -0.2) is 13.8 Å². The third-order valence-electron chi connectivity index (χ3n) is 0.609. The van der Waals surface area contributed by atoms with Crippen molar-refractivity contribution in [1.29, 1.82) is 0 Å². The molecule has 0 aliphatic heterocycles. The molecule has 3 heteroatoms. The summed E-state index contributed by atoms with van der Waals surface area (Å²) in [5, 5.41) is 7.06. The van der Waals surface area contributed by atoms with E-state index < -0.39 is 0 Å². The molecule has 0 atom stereocenters. The van der Waals surface area contributed by atoms with Crippen LogP contribution in [0.3, 0.4) is 0 Å². The summed E-state index contributed by atoms with van der Waals surface area (Å²) >= 11 is 0. The van der Waals surface area contributed by atoms with E-state index in [1.807, 2.05) is 6.92 Å². The molecule has 0 aromatic rings. The topological polar surface area (TPSA) is 37.1 Å². The zero-order valence-electron chi connectivity index (χ0n) is 5.13. The van der Waals surface area contributed by atoms with E-state index in [9.17, 15) is 0 Å². The van der Waals surface area contributed by atoms with Crippen LogP contribution in [0.1, 0.15) is 6.92 Å². The molecule has 3 nitrogen and oxygen atoms in total. The molecule has 0 aliphatic rings. The first-order valence-electron chi connectivity index (χ1n) is 2.23. The second-order valence-electron chi connectivity index (χ2n) is 1.24. The van der Waals surface area contributed by atoms with Gasteiger partial charge < -0.3 is 0 Å². The monoisotopic (exact) mass is 111 g/mol. The predicted octanol–water partition coefficient (Wildman–Crippen LogP) is 1.63. The molecule has 8 heavy (non-hydrogen) atoms. The predicted molar refractivity (Wildman–Crippen MR) is 34.1 cm³/mol. The van der Waals surface area contributed by atoms with E-state index in [0.29, 0.717) is 0 Å². The number of allylic oxidation sites excluding steroid dienone is 1. The Balaban J connectivity index is 3.74. The Kier molecular flexibility index (Phi) is 3.66. The lowest BCUT2D eigenvalue weighted by atomic mass is 10.6. The minimum absolute atomic E-state index is 0.774. The van der Waals surface area contributed by atoms with Crippen molar-refractivity contribution in [2.75, 3.05) is 7.05 Å². The van der Waals surface area contributed by atoms with Crippen LogP contribution in [-0.2, 0) is 0 Å². The Morgan fingerprint density at radius 1 is 1.62 bits per heavy atom. The normalized spacial score (nSPS) is 12.5. The minimum atomic E-state index is 0.774. The number of aliphatic imine (C=N–C) groups is 1. The highest BCUT2D eigenvalue weighted by atomic mass is 15.1. The van der Waals surface area contributed by atoms with E-state index in [4.69, 9.17) is 0 Å². The number of hydrogen-bond acceptors (Lipinski definition) is 3. The molecule has 0 rings (SSSR count). The van der Waals surface area contributed by atoms with Crippen molar-refractivity contribution >= 4 is 6.72 Å². The van der Waals surface area contributed by atoms with Crippen molar-refractivity contribution in [3.8, 4) is 0 Å². The van der Waals surface area contributed by atoms with Crippen LogP contribution in [0.2, 0.25) is 0 Å². The maximum Gasteiger partial charge on any atom is 0.0703 e. The molecule has 0 spiro atoms. The zero-order chi connectivity index (χ0) is 6.41. The van der Waals surface area contributed by atoms with E-state index >= 15 is 0 Å². The highest BCUT2D eigenvalue weighted by molar-refractivity contribution is 5.27. The largest absolute Gasteiger partial charge is 0.268 e. The van der Waals surface area contributed by atoms with Gasteiger partial charge in [0.05, 0.1) is 11.9 Å². The first-order chi connectivity index (χ1) is 3.81. The van der Waals surface area contributed by atoms with Crippen LogP contribution in [0.5, 0.6) is 0 Å². The lowest BCUT2D eigenvalue weighted by Crippen LogP contribution is -1.61. The van der Waals surface area contributed by atoms with Gasteiger partial charge in [-0.1, -0.05) is 0 Å². The van der Waals surface area contributed by atoms with E-state index in [0.717, 1.165) is 5.70 Å². The van der Waals surface area contributed by atoms with E-state index in [-0.39, 0.29) is 0 Å². The second kappa shape index (κ2) is 4.18. The maximum atomic E-state index is 3.58.